The first-order chi connectivity index (χ1) is 15.2. The lowest BCUT2D eigenvalue weighted by molar-refractivity contribution is -0.384. The van der Waals surface area contributed by atoms with Gasteiger partial charge in [-0.2, -0.15) is 0 Å². The van der Waals surface area contributed by atoms with Crippen molar-refractivity contribution in [3.63, 3.8) is 0 Å². The lowest BCUT2D eigenvalue weighted by atomic mass is 10.1. The molecule has 1 aromatic heterocycles. The van der Waals surface area contributed by atoms with E-state index in [0.717, 1.165) is 22.6 Å². The van der Waals surface area contributed by atoms with E-state index in [1.54, 1.807) is 18.2 Å². The molecule has 5 rings (SSSR count). The van der Waals surface area contributed by atoms with Crippen LogP contribution in [0.2, 0.25) is 0 Å². The van der Waals surface area contributed by atoms with Gasteiger partial charge in [-0.15, -0.1) is 11.3 Å². The first-order valence-corrected chi connectivity index (χ1v) is 10.5. The van der Waals surface area contributed by atoms with Crippen molar-refractivity contribution in [2.24, 2.45) is 4.99 Å². The van der Waals surface area contributed by atoms with E-state index >= 15 is 0 Å². The van der Waals surface area contributed by atoms with E-state index in [9.17, 15) is 10.1 Å². The Bertz CT molecular complexity index is 1330. The van der Waals surface area contributed by atoms with Crippen LogP contribution in [0.3, 0.4) is 0 Å². The molecule has 0 fully saturated rings. The van der Waals surface area contributed by atoms with Crippen LogP contribution in [0.4, 0.5) is 11.4 Å². The fourth-order valence-electron chi connectivity index (χ4n) is 3.45. The predicted molar refractivity (Wildman–Crippen MR) is 118 cm³/mol. The second-order valence-electron chi connectivity index (χ2n) is 6.90. The Kier molecular flexibility index (Phi) is 4.97. The second-order valence-corrected chi connectivity index (χ2v) is 7.74. The summed E-state index contributed by atoms with van der Waals surface area (Å²) < 4.78 is 13.0. The van der Waals surface area contributed by atoms with Crippen LogP contribution < -0.4 is 14.3 Å². The van der Waals surface area contributed by atoms with E-state index in [4.69, 9.17) is 9.47 Å². The molecule has 0 radical (unpaired) electrons. The molecular weight excluding hydrogens is 414 g/mol. The first-order valence-electron chi connectivity index (χ1n) is 9.59. The third kappa shape index (κ3) is 3.80. The molecule has 0 bridgehead atoms. The smallest absolute Gasteiger partial charge is 0.294 e. The number of fused-ring (bicyclic) bond motifs is 1. The van der Waals surface area contributed by atoms with Gasteiger partial charge >= 0.3 is 0 Å². The maximum atomic E-state index is 11.4. The molecule has 0 amide bonds. The topological polar surface area (TPSA) is 78.9 Å². The van der Waals surface area contributed by atoms with E-state index in [-0.39, 0.29) is 12.5 Å². The summed E-state index contributed by atoms with van der Waals surface area (Å²) in [5.41, 5.74) is 3.35. The van der Waals surface area contributed by atoms with Gasteiger partial charge in [-0.05, 0) is 29.3 Å². The van der Waals surface area contributed by atoms with Crippen molar-refractivity contribution in [1.29, 1.82) is 0 Å². The summed E-state index contributed by atoms with van der Waals surface area (Å²) in [6, 6.07) is 22.4. The largest absolute Gasteiger partial charge is 0.454 e. The molecule has 1 aliphatic heterocycles. The van der Waals surface area contributed by atoms with Crippen molar-refractivity contribution in [3.05, 3.63) is 98.7 Å². The molecular formula is C23H17N3O4S. The van der Waals surface area contributed by atoms with Crippen LogP contribution in [0.1, 0.15) is 5.56 Å². The number of thiazole rings is 1. The number of para-hydroxylation sites is 2. The highest BCUT2D eigenvalue weighted by atomic mass is 32.1. The van der Waals surface area contributed by atoms with Gasteiger partial charge in [0.05, 0.1) is 17.2 Å². The van der Waals surface area contributed by atoms with E-state index < -0.39 is 4.92 Å². The average Bonchev–Trinajstić information content (AvgIpc) is 3.41. The zero-order valence-corrected chi connectivity index (χ0v) is 17.1. The molecule has 0 unspecified atom stereocenters. The van der Waals surface area contributed by atoms with Gasteiger partial charge in [0.15, 0.2) is 16.3 Å². The summed E-state index contributed by atoms with van der Waals surface area (Å²) in [6.07, 6.45) is 0. The Morgan fingerprint density at radius 1 is 1.00 bits per heavy atom. The second kappa shape index (κ2) is 8.08. The molecule has 3 aromatic carbocycles. The third-order valence-electron chi connectivity index (χ3n) is 4.94. The SMILES string of the molecule is O=[N+]([O-])c1ccccc1N=c1scc(-c2ccccc2)n1Cc1ccc2c(c1)OCO2. The molecule has 0 N–H and O–H groups in total. The molecule has 0 aliphatic carbocycles. The Labute approximate surface area is 181 Å². The molecule has 0 saturated carbocycles. The molecule has 0 spiro atoms. The number of aromatic nitrogens is 1. The standard InChI is InChI=1S/C23H17N3O4S/c27-26(28)19-9-5-4-8-18(19)24-23-25(20(14-31-23)17-6-2-1-3-7-17)13-16-10-11-21-22(12-16)30-15-29-21/h1-12,14H,13,15H2. The summed E-state index contributed by atoms with van der Waals surface area (Å²) >= 11 is 1.45. The van der Waals surface area contributed by atoms with Crippen molar-refractivity contribution in [2.75, 3.05) is 6.79 Å². The average molecular weight is 431 g/mol. The highest BCUT2D eigenvalue weighted by Gasteiger charge is 2.16. The Morgan fingerprint density at radius 2 is 1.77 bits per heavy atom. The highest BCUT2D eigenvalue weighted by molar-refractivity contribution is 7.07. The Hall–Kier alpha value is -3.91. The van der Waals surface area contributed by atoms with Gasteiger partial charge in [0.25, 0.3) is 5.69 Å². The molecule has 0 saturated heterocycles. The van der Waals surface area contributed by atoms with Crippen LogP contribution in [-0.2, 0) is 6.54 Å². The highest BCUT2D eigenvalue weighted by Crippen LogP contribution is 2.33. The molecule has 0 atom stereocenters. The van der Waals surface area contributed by atoms with Crippen molar-refractivity contribution in [2.45, 2.75) is 6.54 Å². The van der Waals surface area contributed by atoms with Gasteiger partial charge in [-0.1, -0.05) is 48.5 Å². The summed E-state index contributed by atoms with van der Waals surface area (Å²) in [7, 11) is 0. The van der Waals surface area contributed by atoms with Crippen molar-refractivity contribution in [3.8, 4) is 22.8 Å². The summed E-state index contributed by atoms with van der Waals surface area (Å²) in [5.74, 6) is 1.44. The van der Waals surface area contributed by atoms with Crippen molar-refractivity contribution >= 4 is 22.7 Å². The van der Waals surface area contributed by atoms with Gasteiger partial charge < -0.3 is 14.0 Å². The van der Waals surface area contributed by atoms with Gasteiger partial charge in [0.2, 0.25) is 6.79 Å². The number of nitrogens with zero attached hydrogens (tertiary/aromatic N) is 3. The van der Waals surface area contributed by atoms with Crippen LogP contribution in [0, 0.1) is 10.1 Å². The van der Waals surface area contributed by atoms with Crippen molar-refractivity contribution < 1.29 is 14.4 Å². The van der Waals surface area contributed by atoms with E-state index in [1.165, 1.54) is 17.4 Å². The van der Waals surface area contributed by atoms with Gasteiger partial charge in [0, 0.05) is 11.4 Å². The predicted octanol–water partition coefficient (Wildman–Crippen LogP) is 5.13. The minimum Gasteiger partial charge on any atom is -0.454 e. The van der Waals surface area contributed by atoms with Gasteiger partial charge in [0.1, 0.15) is 5.69 Å². The number of benzene rings is 3. The lowest BCUT2D eigenvalue weighted by Gasteiger charge is -2.10. The third-order valence-corrected chi connectivity index (χ3v) is 5.80. The normalized spacial score (nSPS) is 12.8. The van der Waals surface area contributed by atoms with Gasteiger partial charge in [-0.25, -0.2) is 4.99 Å². The summed E-state index contributed by atoms with van der Waals surface area (Å²) in [5, 5.41) is 13.5. The molecule has 2 heterocycles. The number of ether oxygens (including phenoxy) is 2. The molecule has 8 heteroatoms. The maximum absolute atomic E-state index is 11.4. The van der Waals surface area contributed by atoms with Crippen LogP contribution >= 0.6 is 11.3 Å². The van der Waals surface area contributed by atoms with E-state index in [1.807, 2.05) is 53.9 Å². The minimum atomic E-state index is -0.410. The molecule has 154 valence electrons. The number of rotatable bonds is 5. The fourth-order valence-corrected chi connectivity index (χ4v) is 4.37. The number of hydrogen-bond donors (Lipinski definition) is 0. The summed E-state index contributed by atoms with van der Waals surface area (Å²) in [4.78, 5) is 16.4. The first kappa shape index (κ1) is 19.1. The zero-order chi connectivity index (χ0) is 21.2. The van der Waals surface area contributed by atoms with E-state index in [0.29, 0.717) is 22.8 Å². The molecule has 4 aromatic rings. The van der Waals surface area contributed by atoms with Crippen LogP contribution in [-0.4, -0.2) is 16.3 Å². The minimum absolute atomic E-state index is 0.0215. The van der Waals surface area contributed by atoms with Gasteiger partial charge in [-0.3, -0.25) is 10.1 Å². The monoisotopic (exact) mass is 431 g/mol. The Balaban J connectivity index is 1.64. The molecule has 1 aliphatic rings. The number of nitro groups is 1. The Morgan fingerprint density at radius 3 is 2.61 bits per heavy atom. The number of nitro benzene ring substituents is 1. The number of hydrogen-bond acceptors (Lipinski definition) is 6. The summed E-state index contributed by atoms with van der Waals surface area (Å²) in [6.45, 7) is 0.752. The zero-order valence-electron chi connectivity index (χ0n) is 16.3. The van der Waals surface area contributed by atoms with Crippen LogP contribution in [0.5, 0.6) is 11.5 Å². The fraction of sp³-hybridized carbons (Fsp3) is 0.0870. The van der Waals surface area contributed by atoms with Crippen molar-refractivity contribution in [1.82, 2.24) is 4.57 Å². The van der Waals surface area contributed by atoms with Crippen LogP contribution in [0.25, 0.3) is 11.3 Å². The molecule has 31 heavy (non-hydrogen) atoms. The molecule has 7 nitrogen and oxygen atoms in total. The van der Waals surface area contributed by atoms with E-state index in [2.05, 4.69) is 9.56 Å². The maximum Gasteiger partial charge on any atom is 0.294 e. The lowest BCUT2D eigenvalue weighted by Crippen LogP contribution is -2.16. The van der Waals surface area contributed by atoms with Crippen LogP contribution in [0.15, 0.2) is 83.2 Å². The quantitative estimate of drug-likeness (QED) is 0.324.